The largest absolute Gasteiger partial charge is 0.417 e. The van der Waals surface area contributed by atoms with Gasteiger partial charge in [-0.25, -0.2) is 0 Å². The highest BCUT2D eigenvalue weighted by Crippen LogP contribution is 2.29. The van der Waals surface area contributed by atoms with Crippen molar-refractivity contribution in [3.05, 3.63) is 65.3 Å². The summed E-state index contributed by atoms with van der Waals surface area (Å²) in [7, 11) is 0. The summed E-state index contributed by atoms with van der Waals surface area (Å²) in [5, 5.41) is 8.54. The quantitative estimate of drug-likeness (QED) is 0.574. The normalized spacial score (nSPS) is 13.6. The number of benzene rings is 1. The zero-order valence-corrected chi connectivity index (χ0v) is 10.3. The minimum absolute atomic E-state index is 0.350. The first-order valence-corrected chi connectivity index (χ1v) is 5.53. The van der Waals surface area contributed by atoms with Gasteiger partial charge in [-0.2, -0.15) is 18.4 Å². The van der Waals surface area contributed by atoms with Crippen LogP contribution in [0.2, 0.25) is 0 Å². The van der Waals surface area contributed by atoms with Gasteiger partial charge in [0, 0.05) is 5.57 Å². The average Bonchev–Trinajstić information content (AvgIpc) is 2.37. The molecule has 0 aliphatic heterocycles. The molecule has 98 valence electrons. The summed E-state index contributed by atoms with van der Waals surface area (Å²) in [6.07, 6.45) is 0.851. The third-order valence-corrected chi connectivity index (χ3v) is 2.34. The Balaban J connectivity index is 2.86. The van der Waals surface area contributed by atoms with Gasteiger partial charge in [0.15, 0.2) is 0 Å². The molecule has 0 N–H and O–H groups in total. The van der Waals surface area contributed by atoms with E-state index in [0.717, 1.165) is 18.6 Å². The van der Waals surface area contributed by atoms with Gasteiger partial charge in [-0.05, 0) is 18.6 Å². The maximum absolute atomic E-state index is 12.6. The van der Waals surface area contributed by atoms with Crippen molar-refractivity contribution in [3.63, 3.8) is 0 Å². The Kier molecular flexibility index (Phi) is 5.13. The molecule has 1 aromatic carbocycles. The fourth-order valence-electron chi connectivity index (χ4n) is 1.37. The first-order chi connectivity index (χ1) is 8.95. The van der Waals surface area contributed by atoms with Crippen LogP contribution >= 0.6 is 0 Å². The Morgan fingerprint density at radius 1 is 1.16 bits per heavy atom. The van der Waals surface area contributed by atoms with E-state index in [-0.39, 0.29) is 5.57 Å². The summed E-state index contributed by atoms with van der Waals surface area (Å²) >= 11 is 0. The zero-order chi connectivity index (χ0) is 14.3. The first kappa shape index (κ1) is 14.8. The van der Waals surface area contributed by atoms with Crippen molar-refractivity contribution in [1.29, 1.82) is 5.26 Å². The van der Waals surface area contributed by atoms with Crippen molar-refractivity contribution in [2.75, 3.05) is 0 Å². The summed E-state index contributed by atoms with van der Waals surface area (Å²) < 4.78 is 37.9. The van der Waals surface area contributed by atoms with Crippen LogP contribution in [0.3, 0.4) is 0 Å². The third-order valence-electron chi connectivity index (χ3n) is 2.34. The van der Waals surface area contributed by atoms with Crippen LogP contribution < -0.4 is 0 Å². The summed E-state index contributed by atoms with van der Waals surface area (Å²) in [5.41, 5.74) is -0.383. The van der Waals surface area contributed by atoms with Gasteiger partial charge in [0.25, 0.3) is 0 Å². The lowest BCUT2D eigenvalue weighted by Crippen LogP contribution is -2.11. The van der Waals surface area contributed by atoms with E-state index < -0.39 is 11.7 Å². The SMILES string of the molecule is C\C(C#N)=C(/C=C/C=C/c1ccccc1)C(F)(F)F. The number of alkyl halides is 3. The highest BCUT2D eigenvalue weighted by atomic mass is 19.4. The molecule has 0 radical (unpaired) electrons. The molecule has 0 aliphatic rings. The number of allylic oxidation sites excluding steroid dienone is 5. The molecule has 0 saturated carbocycles. The van der Waals surface area contributed by atoms with Crippen molar-refractivity contribution in [3.8, 4) is 6.07 Å². The zero-order valence-electron chi connectivity index (χ0n) is 10.3. The molecule has 0 heterocycles. The summed E-state index contributed by atoms with van der Waals surface area (Å²) in [4.78, 5) is 0. The molecule has 1 rings (SSSR count). The minimum atomic E-state index is -4.52. The molecule has 0 saturated heterocycles. The lowest BCUT2D eigenvalue weighted by molar-refractivity contribution is -0.0887. The van der Waals surface area contributed by atoms with Gasteiger partial charge in [-0.15, -0.1) is 0 Å². The second kappa shape index (κ2) is 6.60. The van der Waals surface area contributed by atoms with Crippen LogP contribution in [0.5, 0.6) is 0 Å². The molecule has 0 unspecified atom stereocenters. The highest BCUT2D eigenvalue weighted by molar-refractivity contribution is 5.51. The van der Waals surface area contributed by atoms with Gasteiger partial charge < -0.3 is 0 Å². The second-order valence-electron chi connectivity index (χ2n) is 3.78. The van der Waals surface area contributed by atoms with Crippen molar-refractivity contribution in [2.45, 2.75) is 13.1 Å². The minimum Gasteiger partial charge on any atom is -0.193 e. The van der Waals surface area contributed by atoms with Crippen LogP contribution in [0.4, 0.5) is 13.2 Å². The number of nitriles is 1. The number of rotatable bonds is 3. The monoisotopic (exact) mass is 263 g/mol. The van der Waals surface area contributed by atoms with Crippen molar-refractivity contribution >= 4 is 6.08 Å². The molecule has 0 spiro atoms. The topological polar surface area (TPSA) is 23.8 Å². The van der Waals surface area contributed by atoms with E-state index in [1.54, 1.807) is 6.08 Å². The van der Waals surface area contributed by atoms with Gasteiger partial charge in [0.1, 0.15) is 0 Å². The van der Waals surface area contributed by atoms with Crippen LogP contribution in [-0.4, -0.2) is 6.18 Å². The molecule has 0 aliphatic carbocycles. The van der Waals surface area contributed by atoms with Gasteiger partial charge >= 0.3 is 6.18 Å². The van der Waals surface area contributed by atoms with E-state index in [2.05, 4.69) is 0 Å². The Hall–Kier alpha value is -2.28. The fourth-order valence-corrected chi connectivity index (χ4v) is 1.37. The van der Waals surface area contributed by atoms with Crippen molar-refractivity contribution < 1.29 is 13.2 Å². The molecule has 0 fully saturated rings. The van der Waals surface area contributed by atoms with Gasteiger partial charge in [-0.3, -0.25) is 0 Å². The van der Waals surface area contributed by atoms with Crippen molar-refractivity contribution in [1.82, 2.24) is 0 Å². The molecule has 1 nitrogen and oxygen atoms in total. The van der Waals surface area contributed by atoms with Gasteiger partial charge in [0.2, 0.25) is 0 Å². The van der Waals surface area contributed by atoms with E-state index in [0.29, 0.717) is 0 Å². The standard InChI is InChI=1S/C15H12F3N/c1-12(11-19)14(15(16,17)18)10-6-5-9-13-7-3-2-4-8-13/h2-10H,1H3/b9-5+,10-6+,14-12-. The molecule has 4 heteroatoms. The summed E-state index contributed by atoms with van der Waals surface area (Å²) in [6, 6.07) is 10.7. The Morgan fingerprint density at radius 2 is 1.79 bits per heavy atom. The lowest BCUT2D eigenvalue weighted by atomic mass is 10.1. The highest BCUT2D eigenvalue weighted by Gasteiger charge is 2.33. The van der Waals surface area contributed by atoms with E-state index in [9.17, 15) is 13.2 Å². The Morgan fingerprint density at radius 3 is 2.32 bits per heavy atom. The van der Waals surface area contributed by atoms with Crippen molar-refractivity contribution in [2.24, 2.45) is 0 Å². The molecule has 0 atom stereocenters. The third kappa shape index (κ3) is 4.84. The molecular weight excluding hydrogens is 251 g/mol. The Bertz CT molecular complexity index is 543. The molecule has 0 bridgehead atoms. The second-order valence-corrected chi connectivity index (χ2v) is 3.78. The van der Waals surface area contributed by atoms with Crippen LogP contribution in [0.15, 0.2) is 59.7 Å². The maximum Gasteiger partial charge on any atom is 0.417 e. The molecule has 0 amide bonds. The first-order valence-electron chi connectivity index (χ1n) is 5.53. The van der Waals surface area contributed by atoms with Crippen LogP contribution in [0.1, 0.15) is 12.5 Å². The molecular formula is C15H12F3N. The predicted octanol–water partition coefficient (Wildman–Crippen LogP) is 4.66. The summed E-state index contributed by atoms with van der Waals surface area (Å²) in [6.45, 7) is 1.15. The summed E-state index contributed by atoms with van der Waals surface area (Å²) in [5.74, 6) is 0. The molecule has 0 aromatic heterocycles. The Labute approximate surface area is 110 Å². The van der Waals surface area contributed by atoms with E-state index in [1.165, 1.54) is 18.2 Å². The average molecular weight is 263 g/mol. The van der Waals surface area contributed by atoms with E-state index in [4.69, 9.17) is 5.26 Å². The van der Waals surface area contributed by atoms with E-state index in [1.807, 2.05) is 30.3 Å². The maximum atomic E-state index is 12.6. The van der Waals surface area contributed by atoms with Gasteiger partial charge in [0.05, 0.1) is 11.6 Å². The number of hydrogen-bond acceptors (Lipinski definition) is 1. The molecule has 19 heavy (non-hydrogen) atoms. The van der Waals surface area contributed by atoms with Gasteiger partial charge in [-0.1, -0.05) is 48.6 Å². The fraction of sp³-hybridized carbons (Fsp3) is 0.133. The lowest BCUT2D eigenvalue weighted by Gasteiger charge is -2.07. The number of nitrogens with zero attached hydrogens (tertiary/aromatic N) is 1. The van der Waals surface area contributed by atoms with E-state index >= 15 is 0 Å². The molecule has 1 aromatic rings. The smallest absolute Gasteiger partial charge is 0.193 e. The van der Waals surface area contributed by atoms with Crippen LogP contribution in [0.25, 0.3) is 6.08 Å². The number of hydrogen-bond donors (Lipinski definition) is 0. The van der Waals surface area contributed by atoms with Crippen LogP contribution in [-0.2, 0) is 0 Å². The predicted molar refractivity (Wildman–Crippen MR) is 69.0 cm³/mol. The number of halogens is 3. The van der Waals surface area contributed by atoms with Crippen LogP contribution in [0, 0.1) is 11.3 Å².